The summed E-state index contributed by atoms with van der Waals surface area (Å²) in [5.41, 5.74) is 8.37. The van der Waals surface area contributed by atoms with Gasteiger partial charge in [-0.25, -0.2) is 0 Å². The molecule has 0 atom stereocenters. The molecular weight excluding hydrogens is 208 g/mol. The van der Waals surface area contributed by atoms with Crippen LogP contribution in [-0.2, 0) is 6.54 Å². The van der Waals surface area contributed by atoms with E-state index in [4.69, 9.17) is 5.73 Å². The van der Waals surface area contributed by atoms with Crippen LogP contribution in [0.2, 0.25) is 0 Å². The highest BCUT2D eigenvalue weighted by atomic mass is 15.1. The largest absolute Gasteiger partial charge is 0.371 e. The zero-order valence-electron chi connectivity index (χ0n) is 11.6. The molecule has 2 heteroatoms. The lowest BCUT2D eigenvalue weighted by Gasteiger charge is -2.30. The summed E-state index contributed by atoms with van der Waals surface area (Å²) in [4.78, 5) is 2.47. The van der Waals surface area contributed by atoms with Crippen molar-refractivity contribution in [3.05, 3.63) is 29.8 Å². The maximum absolute atomic E-state index is 5.82. The van der Waals surface area contributed by atoms with Gasteiger partial charge in [0.1, 0.15) is 0 Å². The summed E-state index contributed by atoms with van der Waals surface area (Å²) in [6.45, 7) is 11.8. The average Bonchev–Trinajstić information content (AvgIpc) is 2.27. The Kier molecular flexibility index (Phi) is 5.49. The predicted molar refractivity (Wildman–Crippen MR) is 76.2 cm³/mol. The summed E-state index contributed by atoms with van der Waals surface area (Å²) in [5.74, 6) is 1.33. The predicted octanol–water partition coefficient (Wildman–Crippen LogP) is 3.26. The minimum absolute atomic E-state index is 0.614. The van der Waals surface area contributed by atoms with E-state index < -0.39 is 0 Å². The lowest BCUT2D eigenvalue weighted by Crippen LogP contribution is -2.32. The Morgan fingerprint density at radius 3 is 2.00 bits per heavy atom. The number of nitrogens with zero attached hydrogens (tertiary/aromatic N) is 1. The van der Waals surface area contributed by atoms with E-state index in [1.165, 1.54) is 11.3 Å². The van der Waals surface area contributed by atoms with E-state index in [1.807, 2.05) is 0 Å². The summed E-state index contributed by atoms with van der Waals surface area (Å²) in [6.07, 6.45) is 0. The molecular formula is C15H26N2. The van der Waals surface area contributed by atoms with Crippen molar-refractivity contribution >= 4 is 5.69 Å². The fourth-order valence-corrected chi connectivity index (χ4v) is 2.14. The van der Waals surface area contributed by atoms with Crippen LogP contribution in [0, 0.1) is 11.8 Å². The Bertz CT molecular complexity index is 321. The fourth-order valence-electron chi connectivity index (χ4n) is 2.14. The van der Waals surface area contributed by atoms with Crippen molar-refractivity contribution in [2.75, 3.05) is 18.0 Å². The van der Waals surface area contributed by atoms with Gasteiger partial charge >= 0.3 is 0 Å². The molecule has 0 aliphatic rings. The van der Waals surface area contributed by atoms with Gasteiger partial charge in [0.2, 0.25) is 0 Å². The Morgan fingerprint density at radius 2 is 1.53 bits per heavy atom. The van der Waals surface area contributed by atoms with Crippen LogP contribution < -0.4 is 10.6 Å². The van der Waals surface area contributed by atoms with Gasteiger partial charge in [-0.2, -0.15) is 0 Å². The average molecular weight is 234 g/mol. The zero-order chi connectivity index (χ0) is 12.8. The van der Waals surface area contributed by atoms with Gasteiger partial charge in [0.25, 0.3) is 0 Å². The Hall–Kier alpha value is -1.02. The van der Waals surface area contributed by atoms with E-state index in [0.717, 1.165) is 13.1 Å². The van der Waals surface area contributed by atoms with E-state index in [-0.39, 0.29) is 0 Å². The molecule has 0 saturated heterocycles. The first kappa shape index (κ1) is 14.0. The van der Waals surface area contributed by atoms with Gasteiger partial charge in [-0.1, -0.05) is 45.9 Å². The number of rotatable bonds is 6. The number of benzene rings is 1. The second kappa shape index (κ2) is 6.65. The van der Waals surface area contributed by atoms with Crippen molar-refractivity contribution in [3.8, 4) is 0 Å². The van der Waals surface area contributed by atoms with Gasteiger partial charge in [-0.15, -0.1) is 0 Å². The molecule has 0 spiro atoms. The minimum Gasteiger partial charge on any atom is -0.371 e. The lowest BCUT2D eigenvalue weighted by atomic mass is 10.1. The molecule has 96 valence electrons. The molecule has 0 bridgehead atoms. The third-order valence-corrected chi connectivity index (χ3v) is 2.72. The van der Waals surface area contributed by atoms with Crippen molar-refractivity contribution in [2.24, 2.45) is 17.6 Å². The normalized spacial score (nSPS) is 11.2. The monoisotopic (exact) mass is 234 g/mol. The van der Waals surface area contributed by atoms with Crippen LogP contribution in [0.4, 0.5) is 5.69 Å². The van der Waals surface area contributed by atoms with Gasteiger partial charge in [0.05, 0.1) is 0 Å². The molecule has 0 unspecified atom stereocenters. The molecule has 1 aromatic carbocycles. The van der Waals surface area contributed by atoms with Gasteiger partial charge in [0.15, 0.2) is 0 Å². The quantitative estimate of drug-likeness (QED) is 0.818. The Labute approximate surface area is 106 Å². The molecule has 0 aliphatic carbocycles. The van der Waals surface area contributed by atoms with Crippen LogP contribution in [0.5, 0.6) is 0 Å². The molecule has 0 radical (unpaired) electrons. The second-order valence-corrected chi connectivity index (χ2v) is 5.53. The van der Waals surface area contributed by atoms with E-state index in [9.17, 15) is 0 Å². The highest BCUT2D eigenvalue weighted by molar-refractivity contribution is 5.53. The van der Waals surface area contributed by atoms with Gasteiger partial charge in [0, 0.05) is 25.3 Å². The van der Waals surface area contributed by atoms with E-state index in [2.05, 4.69) is 56.9 Å². The number of hydrogen-bond acceptors (Lipinski definition) is 2. The second-order valence-electron chi connectivity index (χ2n) is 5.53. The third-order valence-electron chi connectivity index (χ3n) is 2.72. The van der Waals surface area contributed by atoms with Crippen LogP contribution in [-0.4, -0.2) is 13.1 Å². The van der Waals surface area contributed by atoms with Crippen molar-refractivity contribution < 1.29 is 0 Å². The molecule has 0 amide bonds. The third kappa shape index (κ3) is 4.39. The van der Waals surface area contributed by atoms with Crippen LogP contribution in [0.15, 0.2) is 24.3 Å². The summed E-state index contributed by atoms with van der Waals surface area (Å²) in [6, 6.07) is 8.48. The topological polar surface area (TPSA) is 29.3 Å². The van der Waals surface area contributed by atoms with Gasteiger partial charge in [-0.3, -0.25) is 0 Å². The number of hydrogen-bond donors (Lipinski definition) is 1. The first-order chi connectivity index (χ1) is 8.04. The van der Waals surface area contributed by atoms with Crippen molar-refractivity contribution in [1.82, 2.24) is 0 Å². The van der Waals surface area contributed by atoms with Crippen molar-refractivity contribution in [3.63, 3.8) is 0 Å². The van der Waals surface area contributed by atoms with Gasteiger partial charge in [-0.05, 0) is 23.5 Å². The smallest absolute Gasteiger partial charge is 0.0411 e. The molecule has 1 rings (SSSR count). The van der Waals surface area contributed by atoms with E-state index in [0.29, 0.717) is 18.4 Å². The zero-order valence-corrected chi connectivity index (χ0v) is 11.6. The number of anilines is 1. The maximum Gasteiger partial charge on any atom is 0.0411 e. The standard InChI is InChI=1S/C15H26N2/c1-12(2)10-17(11-13(3)4)15-8-6-5-7-14(15)9-16/h5-8,12-13H,9-11,16H2,1-4H3. The van der Waals surface area contributed by atoms with Crippen LogP contribution in [0.3, 0.4) is 0 Å². The van der Waals surface area contributed by atoms with Crippen molar-refractivity contribution in [1.29, 1.82) is 0 Å². The molecule has 2 nitrogen and oxygen atoms in total. The molecule has 1 aromatic rings. The molecule has 2 N–H and O–H groups in total. The fraction of sp³-hybridized carbons (Fsp3) is 0.600. The van der Waals surface area contributed by atoms with Crippen LogP contribution in [0.1, 0.15) is 33.3 Å². The van der Waals surface area contributed by atoms with Crippen molar-refractivity contribution in [2.45, 2.75) is 34.2 Å². The molecule has 0 aromatic heterocycles. The van der Waals surface area contributed by atoms with Gasteiger partial charge < -0.3 is 10.6 Å². The summed E-state index contributed by atoms with van der Waals surface area (Å²) in [5, 5.41) is 0. The first-order valence-electron chi connectivity index (χ1n) is 6.57. The summed E-state index contributed by atoms with van der Waals surface area (Å²) in [7, 11) is 0. The minimum atomic E-state index is 0.614. The molecule has 0 aliphatic heterocycles. The molecule has 17 heavy (non-hydrogen) atoms. The SMILES string of the molecule is CC(C)CN(CC(C)C)c1ccccc1CN. The maximum atomic E-state index is 5.82. The number of nitrogens with two attached hydrogens (primary N) is 1. The Morgan fingerprint density at radius 1 is 1.00 bits per heavy atom. The Balaban J connectivity index is 2.94. The number of para-hydroxylation sites is 1. The lowest BCUT2D eigenvalue weighted by molar-refractivity contribution is 0.551. The van der Waals surface area contributed by atoms with Crippen LogP contribution >= 0.6 is 0 Å². The highest BCUT2D eigenvalue weighted by Crippen LogP contribution is 2.22. The molecule has 0 fully saturated rings. The molecule has 0 heterocycles. The van der Waals surface area contributed by atoms with E-state index >= 15 is 0 Å². The highest BCUT2D eigenvalue weighted by Gasteiger charge is 2.12. The first-order valence-corrected chi connectivity index (χ1v) is 6.57. The molecule has 0 saturated carbocycles. The van der Waals surface area contributed by atoms with Crippen LogP contribution in [0.25, 0.3) is 0 Å². The summed E-state index contributed by atoms with van der Waals surface area (Å²) < 4.78 is 0. The van der Waals surface area contributed by atoms with E-state index in [1.54, 1.807) is 0 Å². The summed E-state index contributed by atoms with van der Waals surface area (Å²) >= 11 is 0.